The first-order chi connectivity index (χ1) is 32.4. The first-order valence-corrected chi connectivity index (χ1v) is 22.1. The number of rotatable bonds is 12. The summed E-state index contributed by atoms with van der Waals surface area (Å²) in [6.45, 7) is 16.0. The molecule has 0 atom stereocenters. The highest BCUT2D eigenvalue weighted by Gasteiger charge is 2.28. The van der Waals surface area contributed by atoms with Crippen molar-refractivity contribution in [2.45, 2.75) is 20.8 Å². The summed E-state index contributed by atoms with van der Waals surface area (Å²) in [5, 5.41) is 0. The summed E-state index contributed by atoms with van der Waals surface area (Å²) in [6.07, 6.45) is 14.1. The van der Waals surface area contributed by atoms with E-state index in [1.807, 2.05) is 25.1 Å². The van der Waals surface area contributed by atoms with Crippen molar-refractivity contribution in [3.05, 3.63) is 265 Å². The molecule has 0 bridgehead atoms. The van der Waals surface area contributed by atoms with Gasteiger partial charge in [0, 0.05) is 28.0 Å². The van der Waals surface area contributed by atoms with Gasteiger partial charge >= 0.3 is 0 Å². The topological polar surface area (TPSA) is 33.4 Å². The van der Waals surface area contributed by atoms with Crippen LogP contribution < -0.4 is 0 Å². The third-order valence-corrected chi connectivity index (χ3v) is 11.9. The molecule has 320 valence electrons. The molecule has 8 aromatic rings. The molecule has 0 unspecified atom stereocenters. The van der Waals surface area contributed by atoms with Gasteiger partial charge in [0.1, 0.15) is 11.7 Å². The average Bonchev–Trinajstić information content (AvgIpc) is 3.79. The van der Waals surface area contributed by atoms with Crippen molar-refractivity contribution in [1.82, 2.24) is 14.5 Å². The SMILES string of the molecule is C#C.C=CC1=C(/C=C\C)N=C(c2ccc(-c3ccc(C(=C)n4c(-c5ccccc5C)nc(-c5ccccc5)c4-c4ccccc4)cc3)cc2)N(/C(=C(\C)c2ccccc2)c2ccccc2)C1. The number of nitrogens with zero attached hydrogens (tertiary/aromatic N) is 4. The lowest BCUT2D eigenvalue weighted by Crippen LogP contribution is -2.35. The summed E-state index contributed by atoms with van der Waals surface area (Å²) in [5.41, 5.74) is 17.9. The number of hydrogen-bond donors (Lipinski definition) is 0. The van der Waals surface area contributed by atoms with Crippen molar-refractivity contribution >= 4 is 22.8 Å². The molecule has 1 aromatic heterocycles. The van der Waals surface area contributed by atoms with E-state index in [0.29, 0.717) is 6.54 Å². The minimum Gasteiger partial charge on any atom is -0.321 e. The second-order valence-corrected chi connectivity index (χ2v) is 16.0. The summed E-state index contributed by atoms with van der Waals surface area (Å²) < 4.78 is 2.24. The number of aliphatic imine (C=N–C) groups is 1. The highest BCUT2D eigenvalue weighted by molar-refractivity contribution is 6.08. The number of aryl methyl sites for hydroxylation is 1. The third kappa shape index (κ3) is 8.97. The monoisotopic (exact) mass is 852 g/mol. The summed E-state index contributed by atoms with van der Waals surface area (Å²) in [6, 6.07) is 68.1. The van der Waals surface area contributed by atoms with Crippen LogP contribution in [0.25, 0.3) is 62.0 Å². The molecule has 0 saturated carbocycles. The first-order valence-electron chi connectivity index (χ1n) is 22.1. The van der Waals surface area contributed by atoms with Crippen LogP contribution in [0.5, 0.6) is 0 Å². The van der Waals surface area contributed by atoms with Gasteiger partial charge in [0.05, 0.1) is 29.3 Å². The lowest BCUT2D eigenvalue weighted by molar-refractivity contribution is 0.623. The molecule has 2 heterocycles. The van der Waals surface area contributed by atoms with Crippen LogP contribution in [0.2, 0.25) is 0 Å². The highest BCUT2D eigenvalue weighted by Crippen LogP contribution is 2.41. The second kappa shape index (κ2) is 20.3. The fraction of sp³-hybridized carbons (Fsp3) is 0.0645. The van der Waals surface area contributed by atoms with E-state index in [0.717, 1.165) is 101 Å². The summed E-state index contributed by atoms with van der Waals surface area (Å²) >= 11 is 0. The van der Waals surface area contributed by atoms with E-state index in [1.54, 1.807) is 0 Å². The minimum atomic E-state index is 0.630. The Kier molecular flexibility index (Phi) is 13.6. The van der Waals surface area contributed by atoms with E-state index >= 15 is 0 Å². The van der Waals surface area contributed by atoms with Crippen LogP contribution in [0.4, 0.5) is 0 Å². The number of allylic oxidation sites excluding steroid dienone is 3. The molecule has 0 N–H and O–H groups in total. The summed E-state index contributed by atoms with van der Waals surface area (Å²) in [4.78, 5) is 13.1. The molecule has 1 aliphatic heterocycles. The van der Waals surface area contributed by atoms with Crippen LogP contribution >= 0.6 is 0 Å². The van der Waals surface area contributed by atoms with Gasteiger partial charge in [0.25, 0.3) is 0 Å². The zero-order chi connectivity index (χ0) is 46.0. The van der Waals surface area contributed by atoms with Gasteiger partial charge in [-0.1, -0.05) is 219 Å². The fourth-order valence-corrected chi connectivity index (χ4v) is 8.59. The normalized spacial score (nSPS) is 12.8. The van der Waals surface area contributed by atoms with E-state index in [1.165, 1.54) is 5.57 Å². The average molecular weight is 853 g/mol. The van der Waals surface area contributed by atoms with Crippen LogP contribution in [0.3, 0.4) is 0 Å². The number of benzene rings is 7. The number of amidine groups is 1. The van der Waals surface area contributed by atoms with Gasteiger partial charge in [-0.3, -0.25) is 4.57 Å². The van der Waals surface area contributed by atoms with Crippen LogP contribution in [0.15, 0.2) is 242 Å². The van der Waals surface area contributed by atoms with Gasteiger partial charge in [-0.05, 0) is 71.4 Å². The number of terminal acetylenes is 1. The van der Waals surface area contributed by atoms with Gasteiger partial charge in [0.15, 0.2) is 0 Å². The number of aromatic nitrogens is 2. The van der Waals surface area contributed by atoms with Gasteiger partial charge in [-0.15, -0.1) is 12.8 Å². The minimum absolute atomic E-state index is 0.630. The fourth-order valence-electron chi connectivity index (χ4n) is 8.59. The number of imidazole rings is 1. The quantitative estimate of drug-likeness (QED) is 0.0906. The van der Waals surface area contributed by atoms with Crippen molar-refractivity contribution in [3.63, 3.8) is 0 Å². The van der Waals surface area contributed by atoms with Gasteiger partial charge in [0.2, 0.25) is 0 Å². The molecule has 0 fully saturated rings. The predicted octanol–water partition coefficient (Wildman–Crippen LogP) is 15.3. The van der Waals surface area contributed by atoms with E-state index < -0.39 is 0 Å². The Labute approximate surface area is 390 Å². The largest absolute Gasteiger partial charge is 0.321 e. The molecule has 0 spiro atoms. The molecule has 0 saturated heterocycles. The second-order valence-electron chi connectivity index (χ2n) is 16.0. The number of hydrogen-bond acceptors (Lipinski definition) is 3. The molecule has 9 rings (SSSR count). The molecule has 4 nitrogen and oxygen atoms in total. The molecule has 0 radical (unpaired) electrons. The predicted molar refractivity (Wildman–Crippen MR) is 280 cm³/mol. The van der Waals surface area contributed by atoms with E-state index in [4.69, 9.17) is 16.6 Å². The summed E-state index contributed by atoms with van der Waals surface area (Å²) in [5.74, 6) is 1.75. The van der Waals surface area contributed by atoms with E-state index in [9.17, 15) is 0 Å². The van der Waals surface area contributed by atoms with Gasteiger partial charge in [-0.25, -0.2) is 9.98 Å². The maximum Gasteiger partial charge on any atom is 0.146 e. The van der Waals surface area contributed by atoms with Crippen molar-refractivity contribution in [2.75, 3.05) is 6.54 Å². The lowest BCUT2D eigenvalue weighted by atomic mass is 9.96. The third-order valence-electron chi connectivity index (χ3n) is 11.9. The van der Waals surface area contributed by atoms with Crippen LogP contribution in [0, 0.1) is 19.8 Å². The Hall–Kier alpha value is -8.52. The smallest absolute Gasteiger partial charge is 0.146 e. The molecule has 0 amide bonds. The van der Waals surface area contributed by atoms with Gasteiger partial charge in [-0.2, -0.15) is 0 Å². The maximum atomic E-state index is 5.40. The van der Waals surface area contributed by atoms with Crippen molar-refractivity contribution < 1.29 is 0 Å². The highest BCUT2D eigenvalue weighted by atomic mass is 15.2. The Bertz CT molecular complexity index is 3130. The van der Waals surface area contributed by atoms with Crippen molar-refractivity contribution in [2.24, 2.45) is 4.99 Å². The van der Waals surface area contributed by atoms with Crippen LogP contribution in [-0.2, 0) is 0 Å². The lowest BCUT2D eigenvalue weighted by Gasteiger charge is -2.34. The Balaban J connectivity index is 0.00000292. The molecule has 7 aromatic carbocycles. The van der Waals surface area contributed by atoms with Crippen LogP contribution in [-0.4, -0.2) is 26.8 Å². The van der Waals surface area contributed by atoms with E-state index in [2.05, 4.69) is 237 Å². The molecule has 66 heavy (non-hydrogen) atoms. The Morgan fingerprint density at radius 2 is 1.11 bits per heavy atom. The van der Waals surface area contributed by atoms with Crippen LogP contribution in [0.1, 0.15) is 41.7 Å². The maximum absolute atomic E-state index is 5.40. The first kappa shape index (κ1) is 44.1. The molecular formula is C62H52N4. The summed E-state index contributed by atoms with van der Waals surface area (Å²) in [7, 11) is 0. The molecule has 4 heteroatoms. The molecule has 1 aliphatic rings. The zero-order valence-corrected chi connectivity index (χ0v) is 37.8. The van der Waals surface area contributed by atoms with Gasteiger partial charge < -0.3 is 4.90 Å². The molecular weight excluding hydrogens is 801 g/mol. The van der Waals surface area contributed by atoms with Crippen molar-refractivity contribution in [3.8, 4) is 57.9 Å². The van der Waals surface area contributed by atoms with Crippen molar-refractivity contribution in [1.29, 1.82) is 0 Å². The zero-order valence-electron chi connectivity index (χ0n) is 37.8. The Morgan fingerprint density at radius 3 is 1.68 bits per heavy atom. The van der Waals surface area contributed by atoms with E-state index in [-0.39, 0.29) is 0 Å². The Morgan fingerprint density at radius 1 is 0.591 bits per heavy atom. The standard InChI is InChI=1S/C60H50N4.C2H2/c1-6-22-55-45(7-2)41-63(57(51-28-16-10-17-29-51)43(4)46-24-12-8-13-25-46)59(61-55)53-39-37-49(38-40-53)48-35-33-47(34-36-48)44(5)64-58(52-30-18-11-19-31-52)56(50-26-14-9-15-27-50)62-60(64)54-32-21-20-23-42(54)3;1-2/h6-40H,2,5,41H2,1,3-4H3;1-2H/b22-6-,57-43+;. The molecule has 0 aliphatic carbocycles.